The van der Waals surface area contributed by atoms with Gasteiger partial charge in [0.05, 0.1) is 45.6 Å². The summed E-state index contributed by atoms with van der Waals surface area (Å²) in [5.74, 6) is -3.56. The number of rotatable bonds is 16. The zero-order chi connectivity index (χ0) is 60.6. The van der Waals surface area contributed by atoms with Gasteiger partial charge in [-0.15, -0.1) is 22.1 Å². The Morgan fingerprint density at radius 2 is 0.800 bits per heavy atom. The Morgan fingerprint density at radius 3 is 1.35 bits per heavy atom. The van der Waals surface area contributed by atoms with Gasteiger partial charge in [0.1, 0.15) is 0 Å². The number of hydrogen-bond acceptors (Lipinski definition) is 8. The molecule has 4 aliphatic heterocycles. The quantitative estimate of drug-likeness (QED) is 0.0527. The Hall–Kier alpha value is -9.45. The molecule has 0 aliphatic carbocycles. The van der Waals surface area contributed by atoms with Crippen molar-refractivity contribution >= 4 is 125 Å². The second-order valence-corrected chi connectivity index (χ2v) is 21.3. The fourth-order valence-corrected chi connectivity index (χ4v) is 11.4. The monoisotopic (exact) mass is 1180 g/mol. The number of carboxylic acid groups (broad SMARTS) is 4. The number of aryl methyl sites for hydroxylation is 6. The number of nitrogens with one attached hydrogen (secondary N) is 2. The summed E-state index contributed by atoms with van der Waals surface area (Å²) in [4.78, 5) is 82.7. The summed E-state index contributed by atoms with van der Waals surface area (Å²) < 4.78 is 0. The van der Waals surface area contributed by atoms with Gasteiger partial charge in [-0.2, -0.15) is 0 Å². The van der Waals surface area contributed by atoms with Crippen molar-refractivity contribution in [2.75, 3.05) is 0 Å². The van der Waals surface area contributed by atoms with Crippen molar-refractivity contribution in [1.29, 1.82) is 0 Å². The second-order valence-electron chi connectivity index (χ2n) is 21.3. The molecule has 0 amide bonds. The van der Waals surface area contributed by atoms with Crippen LogP contribution in [-0.4, -0.2) is 74.2 Å². The van der Waals surface area contributed by atoms with E-state index in [0.717, 1.165) is 139 Å². The van der Waals surface area contributed by atoms with E-state index < -0.39 is 23.9 Å². The van der Waals surface area contributed by atoms with Crippen molar-refractivity contribution in [1.82, 2.24) is 39.9 Å². The van der Waals surface area contributed by atoms with Crippen LogP contribution in [0.5, 0.6) is 0 Å². The summed E-state index contributed by atoms with van der Waals surface area (Å²) in [5, 5.41) is 37.8. The molecule has 16 nitrogen and oxygen atoms in total. The molecule has 4 aliphatic rings. The van der Waals surface area contributed by atoms with Crippen molar-refractivity contribution in [2.45, 2.75) is 107 Å². The van der Waals surface area contributed by atoms with Crippen molar-refractivity contribution in [3.05, 3.63) is 177 Å². The average molecular weight is 1180 g/mol. The summed E-state index contributed by atoms with van der Waals surface area (Å²) in [6.45, 7) is 31.9. The van der Waals surface area contributed by atoms with Gasteiger partial charge in [-0.25, -0.2) is 19.9 Å². The third-order valence-electron chi connectivity index (χ3n) is 16.3. The number of fused-ring (bicyclic) bond motifs is 16. The number of aromatic nitrogens is 8. The summed E-state index contributed by atoms with van der Waals surface area (Å²) in [5.41, 5.74) is 26.3. The van der Waals surface area contributed by atoms with E-state index in [1.165, 1.54) is 0 Å². The molecule has 0 saturated heterocycles. The molecule has 0 aromatic carbocycles. The first-order chi connectivity index (χ1) is 40.0. The van der Waals surface area contributed by atoms with E-state index in [1.54, 1.807) is 12.2 Å². The van der Waals surface area contributed by atoms with Crippen molar-refractivity contribution < 1.29 is 56.4 Å². The van der Waals surface area contributed by atoms with Gasteiger partial charge in [0.25, 0.3) is 0 Å². The van der Waals surface area contributed by atoms with E-state index >= 15 is 0 Å². The molecule has 10 rings (SSSR count). The van der Waals surface area contributed by atoms with Crippen molar-refractivity contribution in [3.8, 4) is 0 Å². The van der Waals surface area contributed by atoms with E-state index in [-0.39, 0.29) is 42.5 Å². The molecule has 6 aromatic rings. The van der Waals surface area contributed by atoms with Gasteiger partial charge in [-0.3, -0.25) is 19.2 Å². The summed E-state index contributed by atoms with van der Waals surface area (Å²) in [6, 6.07) is 15.5. The third kappa shape index (κ3) is 12.3. The van der Waals surface area contributed by atoms with E-state index in [1.807, 2.05) is 116 Å². The Kier molecular flexibility index (Phi) is 18.3. The van der Waals surface area contributed by atoms with Gasteiger partial charge in [-0.1, -0.05) is 91.6 Å². The molecule has 0 atom stereocenters. The van der Waals surface area contributed by atoms with Crippen LogP contribution in [0.4, 0.5) is 0 Å². The molecular formula is C68H66CoN8O8. The van der Waals surface area contributed by atoms with E-state index in [9.17, 15) is 39.6 Å². The Morgan fingerprint density at radius 1 is 0.400 bits per heavy atom. The molecular weight excluding hydrogens is 1120 g/mol. The van der Waals surface area contributed by atoms with Gasteiger partial charge in [0, 0.05) is 64.5 Å². The van der Waals surface area contributed by atoms with E-state index in [4.69, 9.17) is 29.9 Å². The van der Waals surface area contributed by atoms with Gasteiger partial charge < -0.3 is 40.4 Å². The van der Waals surface area contributed by atoms with Crippen LogP contribution in [0, 0.1) is 27.7 Å². The first kappa shape index (κ1) is 61.6. The van der Waals surface area contributed by atoms with Crippen LogP contribution >= 0.6 is 0 Å². The zero-order valence-electron chi connectivity index (χ0n) is 48.9. The van der Waals surface area contributed by atoms with E-state index in [0.29, 0.717) is 65.2 Å². The molecule has 10 heterocycles. The Balaban J connectivity index is 0.000000219. The molecule has 0 spiro atoms. The maximum atomic E-state index is 11.5. The van der Waals surface area contributed by atoms with Crippen LogP contribution in [0.2, 0.25) is 0 Å². The fourth-order valence-electron chi connectivity index (χ4n) is 11.4. The summed E-state index contributed by atoms with van der Waals surface area (Å²) in [7, 11) is 0. The number of carbonyl (C=O) groups is 4. The number of aromatic amines is 2. The summed E-state index contributed by atoms with van der Waals surface area (Å²) >= 11 is 0. The van der Waals surface area contributed by atoms with Crippen LogP contribution in [0.1, 0.15) is 156 Å². The molecule has 435 valence electrons. The first-order valence-electron chi connectivity index (χ1n) is 27.6. The van der Waals surface area contributed by atoms with Crippen LogP contribution in [0.25, 0.3) is 101 Å². The van der Waals surface area contributed by atoms with Gasteiger partial charge in [0.2, 0.25) is 0 Å². The molecule has 0 fully saturated rings. The average Bonchev–Trinajstić information content (AvgIpc) is 3.54. The van der Waals surface area contributed by atoms with Crippen molar-refractivity contribution in [3.63, 3.8) is 0 Å². The number of nitrogens with zero attached hydrogens (tertiary/aromatic N) is 6. The Labute approximate surface area is 502 Å². The predicted octanol–water partition coefficient (Wildman–Crippen LogP) is 14.3. The molecule has 1 radical (unpaired) electrons. The van der Waals surface area contributed by atoms with Gasteiger partial charge in [0.15, 0.2) is 0 Å². The molecule has 6 N–H and O–H groups in total. The first-order valence-corrected chi connectivity index (χ1v) is 27.6. The number of hydrogen-bond donors (Lipinski definition) is 6. The smallest absolute Gasteiger partial charge is 0.657 e. The summed E-state index contributed by atoms with van der Waals surface area (Å²) in [6.07, 6.45) is 8.28. The SMILES string of the molecule is C=CC1=C(C)c2cc3[n-]c(cc4nc(cc5[n-]c(cc1n2)c(C)c5CCC(=O)O)C(CCC(=O)O)=C4C)c(C)c3C=C.C=CC1=C(C)c2cc3nc(cc4[nH]c(cc5[nH]c(cc1n2)c(C)c5C=C)c(C)c4CCC(=O)O)C(CCC(=O)O)=C3C.[Co+2]. The maximum Gasteiger partial charge on any atom is 2.00 e. The standard InChI is InChI=1S/2C34H34N4O4.Co/c2*1-7-21-17(3)25-13-26-19(5)23(9-11-33(39)40)31(37-26)16-32-24(10-12-34(41)42)20(6)28(38-32)15-30-22(8-2)18(4)27(36-30)14-29(21)35-25;/h7-8,13-16H,1-2,9-12H2,3-6H3,(H4,35,36,37,38,39,40,41,42);7-8,13-16,36,38H,1-2,9-12H2,3-6H3,(H,39,40)(H,41,42);/q;;+2/p-2. The second kappa shape index (κ2) is 25.2. The topological polar surface area (TPSA) is 261 Å². The van der Waals surface area contributed by atoms with Crippen LogP contribution in [0.15, 0.2) is 87.0 Å². The molecule has 6 aromatic heterocycles. The minimum absolute atomic E-state index is 0. The minimum atomic E-state index is -0.898. The Bertz CT molecular complexity index is 4400. The van der Waals surface area contributed by atoms with Crippen LogP contribution < -0.4 is 9.97 Å². The number of aliphatic carboxylic acids is 4. The zero-order valence-corrected chi connectivity index (χ0v) is 49.9. The molecule has 0 saturated carbocycles. The van der Waals surface area contributed by atoms with Gasteiger partial charge >= 0.3 is 40.7 Å². The number of H-pyrrole nitrogens is 2. The molecule has 85 heavy (non-hydrogen) atoms. The molecule has 17 heteroatoms. The van der Waals surface area contributed by atoms with Crippen molar-refractivity contribution in [2.24, 2.45) is 0 Å². The predicted molar refractivity (Wildman–Crippen MR) is 335 cm³/mol. The largest absolute Gasteiger partial charge is 2.00 e. The molecule has 0 unspecified atom stereocenters. The third-order valence-corrected chi connectivity index (χ3v) is 16.3. The van der Waals surface area contributed by atoms with E-state index in [2.05, 4.69) is 36.3 Å². The molecule has 16 bridgehead atoms. The normalized spacial score (nSPS) is 12.9. The number of allylic oxidation sites excluding steroid dienone is 10. The van der Waals surface area contributed by atoms with Crippen LogP contribution in [-0.2, 0) is 48.8 Å². The minimum Gasteiger partial charge on any atom is -0.657 e. The number of carboxylic acids is 4. The fraction of sp³-hybridized carbons (Fsp3) is 0.235. The maximum absolute atomic E-state index is 11.5. The van der Waals surface area contributed by atoms with Crippen LogP contribution in [0.3, 0.4) is 0 Å². The van der Waals surface area contributed by atoms with Gasteiger partial charge in [-0.05, 0) is 161 Å².